The van der Waals surface area contributed by atoms with Gasteiger partial charge in [0.1, 0.15) is 5.75 Å². The van der Waals surface area contributed by atoms with E-state index in [-0.39, 0.29) is 5.75 Å². The number of rotatable bonds is 7. The Morgan fingerprint density at radius 2 is 1.58 bits per heavy atom. The lowest BCUT2D eigenvalue weighted by atomic mass is 10.2. The summed E-state index contributed by atoms with van der Waals surface area (Å²) in [5.41, 5.74) is 3.23. The fraction of sp³-hybridized carbons (Fsp3) is 0.167. The molecule has 0 unspecified atom stereocenters. The lowest BCUT2D eigenvalue weighted by molar-refractivity contribution is -0.0498. The van der Waals surface area contributed by atoms with E-state index in [0.29, 0.717) is 6.54 Å². The van der Waals surface area contributed by atoms with Gasteiger partial charge in [0.25, 0.3) is 0 Å². The first kappa shape index (κ1) is 16.1. The van der Waals surface area contributed by atoms with E-state index in [1.807, 2.05) is 22.9 Å². The Morgan fingerprint density at radius 3 is 2.12 bits per heavy atom. The first-order valence-electron chi connectivity index (χ1n) is 7.52. The largest absolute Gasteiger partial charge is 0.435 e. The number of nitrogens with one attached hydrogen (secondary N) is 1. The average molecular weight is 329 g/mol. The molecule has 1 heterocycles. The molecule has 0 amide bonds. The molecule has 0 spiro atoms. The van der Waals surface area contributed by atoms with Crippen LogP contribution >= 0.6 is 0 Å². The van der Waals surface area contributed by atoms with Gasteiger partial charge in [-0.1, -0.05) is 24.3 Å². The van der Waals surface area contributed by atoms with Crippen LogP contribution in [0.1, 0.15) is 11.1 Å². The fourth-order valence-corrected chi connectivity index (χ4v) is 2.34. The molecule has 0 saturated carbocycles. The normalized spacial score (nSPS) is 11.0. The minimum atomic E-state index is -2.79. The Bertz CT molecular complexity index is 741. The van der Waals surface area contributed by atoms with E-state index in [2.05, 4.69) is 27.2 Å². The maximum atomic E-state index is 12.1. The summed E-state index contributed by atoms with van der Waals surface area (Å²) in [5.74, 6) is 0.170. The minimum absolute atomic E-state index is 0.170. The molecule has 4 nitrogen and oxygen atoms in total. The van der Waals surface area contributed by atoms with Gasteiger partial charge in [-0.3, -0.25) is 0 Å². The first-order chi connectivity index (χ1) is 11.7. The summed E-state index contributed by atoms with van der Waals surface area (Å²) in [7, 11) is 0. The molecule has 0 fully saturated rings. The van der Waals surface area contributed by atoms with Crippen LogP contribution in [0.4, 0.5) is 8.78 Å². The van der Waals surface area contributed by atoms with Crippen molar-refractivity contribution < 1.29 is 13.5 Å². The molecular formula is C18H17F2N3O. The summed E-state index contributed by atoms with van der Waals surface area (Å²) >= 11 is 0. The van der Waals surface area contributed by atoms with Gasteiger partial charge < -0.3 is 14.6 Å². The predicted octanol–water partition coefficient (Wildman–Crippen LogP) is 3.76. The molecule has 0 aliphatic rings. The highest BCUT2D eigenvalue weighted by molar-refractivity contribution is 5.34. The molecule has 6 heteroatoms. The quantitative estimate of drug-likeness (QED) is 0.717. The van der Waals surface area contributed by atoms with E-state index < -0.39 is 6.61 Å². The van der Waals surface area contributed by atoms with E-state index in [4.69, 9.17) is 0 Å². The van der Waals surface area contributed by atoms with Crippen LogP contribution in [0.15, 0.2) is 67.3 Å². The molecule has 0 saturated heterocycles. The van der Waals surface area contributed by atoms with Crippen molar-refractivity contribution in [2.24, 2.45) is 0 Å². The summed E-state index contributed by atoms with van der Waals surface area (Å²) < 4.78 is 30.4. The number of imidazole rings is 1. The van der Waals surface area contributed by atoms with E-state index in [9.17, 15) is 8.78 Å². The molecule has 1 aromatic heterocycles. The number of nitrogens with zero attached hydrogens (tertiary/aromatic N) is 2. The van der Waals surface area contributed by atoms with Gasteiger partial charge in [-0.2, -0.15) is 8.78 Å². The summed E-state index contributed by atoms with van der Waals surface area (Å²) in [6, 6.07) is 14.8. The number of hydrogen-bond acceptors (Lipinski definition) is 3. The number of alkyl halides is 2. The Kier molecular flexibility index (Phi) is 5.18. The summed E-state index contributed by atoms with van der Waals surface area (Å²) in [6.07, 6.45) is 5.40. The van der Waals surface area contributed by atoms with Crippen molar-refractivity contribution in [1.82, 2.24) is 14.9 Å². The molecule has 2 aromatic carbocycles. The lowest BCUT2D eigenvalue weighted by Crippen LogP contribution is -2.12. The van der Waals surface area contributed by atoms with Crippen molar-refractivity contribution in [3.05, 3.63) is 78.4 Å². The van der Waals surface area contributed by atoms with Crippen molar-refractivity contribution >= 4 is 0 Å². The average Bonchev–Trinajstić information content (AvgIpc) is 3.11. The third-order valence-electron chi connectivity index (χ3n) is 3.55. The molecule has 1 N–H and O–H groups in total. The van der Waals surface area contributed by atoms with E-state index in [0.717, 1.165) is 23.4 Å². The number of hydrogen-bond donors (Lipinski definition) is 1. The summed E-state index contributed by atoms with van der Waals surface area (Å²) in [5, 5.41) is 3.32. The Balaban J connectivity index is 1.49. The van der Waals surface area contributed by atoms with Gasteiger partial charge in [-0.05, 0) is 35.4 Å². The van der Waals surface area contributed by atoms with Crippen LogP contribution in [0.3, 0.4) is 0 Å². The number of ether oxygens (including phenoxy) is 1. The highest BCUT2D eigenvalue weighted by Crippen LogP contribution is 2.15. The maximum absolute atomic E-state index is 12.1. The predicted molar refractivity (Wildman–Crippen MR) is 87.2 cm³/mol. The van der Waals surface area contributed by atoms with Crippen LogP contribution in [-0.4, -0.2) is 16.2 Å². The molecular weight excluding hydrogens is 312 g/mol. The van der Waals surface area contributed by atoms with Crippen LogP contribution in [0.2, 0.25) is 0 Å². The molecule has 0 radical (unpaired) electrons. The number of benzene rings is 2. The standard InChI is InChI=1S/C18H17F2N3O/c19-18(20)24-17-7-3-15(4-8-17)12-22-11-14-1-5-16(6-2-14)23-10-9-21-13-23/h1-10,13,18,22H,11-12H2. The highest BCUT2D eigenvalue weighted by atomic mass is 19.3. The van der Waals surface area contributed by atoms with Crippen molar-refractivity contribution in [3.63, 3.8) is 0 Å². The molecule has 3 rings (SSSR count). The second-order valence-corrected chi connectivity index (χ2v) is 5.26. The zero-order valence-corrected chi connectivity index (χ0v) is 12.9. The van der Waals surface area contributed by atoms with Crippen molar-refractivity contribution in [2.45, 2.75) is 19.7 Å². The monoisotopic (exact) mass is 329 g/mol. The first-order valence-corrected chi connectivity index (χ1v) is 7.52. The fourth-order valence-electron chi connectivity index (χ4n) is 2.34. The third kappa shape index (κ3) is 4.39. The van der Waals surface area contributed by atoms with E-state index in [1.165, 1.54) is 0 Å². The Labute approximate surface area is 138 Å². The molecule has 0 aliphatic heterocycles. The van der Waals surface area contributed by atoms with Crippen molar-refractivity contribution in [2.75, 3.05) is 0 Å². The van der Waals surface area contributed by atoms with Gasteiger partial charge in [0.2, 0.25) is 0 Å². The van der Waals surface area contributed by atoms with E-state index >= 15 is 0 Å². The van der Waals surface area contributed by atoms with Gasteiger partial charge >= 0.3 is 6.61 Å². The SMILES string of the molecule is FC(F)Oc1ccc(CNCc2ccc(-n3ccnc3)cc2)cc1. The summed E-state index contributed by atoms with van der Waals surface area (Å²) in [4.78, 5) is 4.03. The molecule has 0 bridgehead atoms. The molecule has 24 heavy (non-hydrogen) atoms. The van der Waals surface area contributed by atoms with Gasteiger partial charge in [0.05, 0.1) is 6.33 Å². The van der Waals surface area contributed by atoms with Gasteiger partial charge in [-0.25, -0.2) is 4.98 Å². The molecule has 124 valence electrons. The highest BCUT2D eigenvalue weighted by Gasteiger charge is 2.03. The second kappa shape index (κ2) is 7.70. The Morgan fingerprint density at radius 1 is 0.958 bits per heavy atom. The van der Waals surface area contributed by atoms with Crippen molar-refractivity contribution in [3.8, 4) is 11.4 Å². The van der Waals surface area contributed by atoms with Gasteiger partial charge in [-0.15, -0.1) is 0 Å². The van der Waals surface area contributed by atoms with Gasteiger partial charge in [0, 0.05) is 31.2 Å². The third-order valence-corrected chi connectivity index (χ3v) is 3.55. The van der Waals surface area contributed by atoms with Gasteiger partial charge in [0.15, 0.2) is 0 Å². The minimum Gasteiger partial charge on any atom is -0.435 e. The summed E-state index contributed by atoms with van der Waals surface area (Å²) in [6.45, 7) is -1.42. The van der Waals surface area contributed by atoms with Crippen LogP contribution in [-0.2, 0) is 13.1 Å². The smallest absolute Gasteiger partial charge is 0.387 e. The maximum Gasteiger partial charge on any atom is 0.387 e. The molecule has 0 aliphatic carbocycles. The van der Waals surface area contributed by atoms with Crippen LogP contribution < -0.4 is 10.1 Å². The molecule has 0 atom stereocenters. The Hall–Kier alpha value is -2.73. The van der Waals surface area contributed by atoms with Crippen molar-refractivity contribution in [1.29, 1.82) is 0 Å². The van der Waals surface area contributed by atoms with Crippen LogP contribution in [0.25, 0.3) is 5.69 Å². The number of halogens is 2. The van der Waals surface area contributed by atoms with Crippen LogP contribution in [0, 0.1) is 0 Å². The van der Waals surface area contributed by atoms with Crippen LogP contribution in [0.5, 0.6) is 5.75 Å². The zero-order chi connectivity index (χ0) is 16.8. The van der Waals surface area contributed by atoms with E-state index in [1.54, 1.807) is 36.8 Å². The topological polar surface area (TPSA) is 39.1 Å². The second-order valence-electron chi connectivity index (χ2n) is 5.26. The molecule has 3 aromatic rings. The zero-order valence-electron chi connectivity index (χ0n) is 12.9. The lowest BCUT2D eigenvalue weighted by Gasteiger charge is -2.08. The number of aromatic nitrogens is 2.